The number of halogens is 3. The van der Waals surface area contributed by atoms with Crippen LogP contribution >= 0.6 is 27.5 Å². The lowest BCUT2D eigenvalue weighted by Crippen LogP contribution is -2.13. The van der Waals surface area contributed by atoms with E-state index < -0.39 is 0 Å². The maximum Gasteiger partial charge on any atom is 0.171 e. The number of rotatable bonds is 4. The van der Waals surface area contributed by atoms with Crippen LogP contribution in [0.15, 0.2) is 46.0 Å². The largest absolute Gasteiger partial charge is 0.489 e. The van der Waals surface area contributed by atoms with Crippen molar-refractivity contribution < 1.29 is 14.3 Å². The van der Waals surface area contributed by atoms with Crippen molar-refractivity contribution in [2.24, 2.45) is 10.9 Å². The first kappa shape index (κ1) is 15.6. The molecule has 0 bridgehead atoms. The number of nitrogens with zero attached hydrogens (tertiary/aromatic N) is 1. The van der Waals surface area contributed by atoms with Gasteiger partial charge in [0.25, 0.3) is 0 Å². The maximum atomic E-state index is 13.1. The molecule has 3 N–H and O–H groups in total. The van der Waals surface area contributed by atoms with Gasteiger partial charge in [-0.15, -0.1) is 0 Å². The Hall–Kier alpha value is -1.79. The molecular formula is C14H11BrClFN2O2. The second-order valence-corrected chi connectivity index (χ2v) is 5.43. The number of hydrogen-bond acceptors (Lipinski definition) is 3. The summed E-state index contributed by atoms with van der Waals surface area (Å²) in [6.45, 7) is 0.262. The Bertz CT molecular complexity index is 695. The van der Waals surface area contributed by atoms with E-state index in [0.717, 1.165) is 5.56 Å². The van der Waals surface area contributed by atoms with Gasteiger partial charge in [-0.25, -0.2) is 4.39 Å². The molecule has 0 heterocycles. The molecule has 0 radical (unpaired) electrons. The van der Waals surface area contributed by atoms with E-state index in [4.69, 9.17) is 27.3 Å². The summed E-state index contributed by atoms with van der Waals surface area (Å²) < 4.78 is 19.1. The van der Waals surface area contributed by atoms with Crippen LogP contribution in [0.1, 0.15) is 11.1 Å². The zero-order chi connectivity index (χ0) is 15.4. The lowest BCUT2D eigenvalue weighted by Gasteiger charge is -2.09. The molecule has 4 nitrogen and oxygen atoms in total. The van der Waals surface area contributed by atoms with Gasteiger partial charge in [-0.05, 0) is 51.8 Å². The molecule has 7 heteroatoms. The Morgan fingerprint density at radius 1 is 1.33 bits per heavy atom. The molecule has 2 rings (SSSR count). The van der Waals surface area contributed by atoms with Crippen LogP contribution in [-0.2, 0) is 6.61 Å². The van der Waals surface area contributed by atoms with Crippen LogP contribution in [0, 0.1) is 5.82 Å². The summed E-state index contributed by atoms with van der Waals surface area (Å²) in [5, 5.41) is 11.8. The standard InChI is InChI=1S/C14H11BrClFN2O2/c15-11-5-8(1-4-13(11)17)7-21-9-2-3-10(12(16)6-9)14(18)19-20/h1-6,20H,7H2,(H2,18,19). The third kappa shape index (κ3) is 3.86. The van der Waals surface area contributed by atoms with Gasteiger partial charge in [0.2, 0.25) is 0 Å². The Labute approximate surface area is 134 Å². The first-order valence-corrected chi connectivity index (χ1v) is 7.02. The van der Waals surface area contributed by atoms with Crippen molar-refractivity contribution in [3.8, 4) is 5.75 Å². The molecule has 0 aliphatic heterocycles. The van der Waals surface area contributed by atoms with Gasteiger partial charge in [-0.2, -0.15) is 0 Å². The minimum Gasteiger partial charge on any atom is -0.489 e. The molecule has 0 amide bonds. The molecule has 0 unspecified atom stereocenters. The van der Waals surface area contributed by atoms with Crippen LogP contribution in [0.25, 0.3) is 0 Å². The van der Waals surface area contributed by atoms with Crippen molar-refractivity contribution >= 4 is 33.4 Å². The second-order valence-electron chi connectivity index (χ2n) is 4.16. The topological polar surface area (TPSA) is 67.8 Å². The first-order valence-electron chi connectivity index (χ1n) is 5.85. The van der Waals surface area contributed by atoms with E-state index in [1.165, 1.54) is 6.07 Å². The average molecular weight is 374 g/mol. The highest BCUT2D eigenvalue weighted by atomic mass is 79.9. The van der Waals surface area contributed by atoms with E-state index in [1.807, 2.05) is 0 Å². The molecule has 0 aliphatic carbocycles. The number of hydrogen-bond donors (Lipinski definition) is 2. The highest BCUT2D eigenvalue weighted by molar-refractivity contribution is 9.10. The molecule has 21 heavy (non-hydrogen) atoms. The van der Waals surface area contributed by atoms with Crippen molar-refractivity contribution in [3.63, 3.8) is 0 Å². The number of amidine groups is 1. The molecule has 0 saturated heterocycles. The van der Waals surface area contributed by atoms with Gasteiger partial charge >= 0.3 is 0 Å². The van der Waals surface area contributed by atoms with E-state index >= 15 is 0 Å². The fraction of sp³-hybridized carbons (Fsp3) is 0.0714. The van der Waals surface area contributed by atoms with Crippen LogP contribution in [0.3, 0.4) is 0 Å². The molecule has 110 valence electrons. The van der Waals surface area contributed by atoms with E-state index in [2.05, 4.69) is 21.1 Å². The van der Waals surface area contributed by atoms with Gasteiger partial charge in [0.15, 0.2) is 5.84 Å². The fourth-order valence-corrected chi connectivity index (χ4v) is 2.34. The molecule has 2 aromatic carbocycles. The normalized spacial score (nSPS) is 11.5. The average Bonchev–Trinajstić information content (AvgIpc) is 2.48. The van der Waals surface area contributed by atoms with Gasteiger partial charge < -0.3 is 15.7 Å². The summed E-state index contributed by atoms with van der Waals surface area (Å²) in [6, 6.07) is 9.43. The third-order valence-electron chi connectivity index (χ3n) is 2.71. The summed E-state index contributed by atoms with van der Waals surface area (Å²) in [7, 11) is 0. The zero-order valence-electron chi connectivity index (χ0n) is 10.7. The molecular weight excluding hydrogens is 363 g/mol. The SMILES string of the molecule is N/C(=N/O)c1ccc(OCc2ccc(F)c(Br)c2)cc1Cl. The summed E-state index contributed by atoms with van der Waals surface area (Å²) in [6.07, 6.45) is 0. The monoisotopic (exact) mass is 372 g/mol. The van der Waals surface area contributed by atoms with Gasteiger partial charge in [-0.3, -0.25) is 0 Å². The van der Waals surface area contributed by atoms with E-state index in [1.54, 1.807) is 30.3 Å². The molecule has 0 fully saturated rings. The van der Waals surface area contributed by atoms with Crippen molar-refractivity contribution in [3.05, 3.63) is 62.8 Å². The molecule has 0 saturated carbocycles. The van der Waals surface area contributed by atoms with Crippen molar-refractivity contribution in [2.75, 3.05) is 0 Å². The smallest absolute Gasteiger partial charge is 0.171 e. The predicted molar refractivity (Wildman–Crippen MR) is 82.4 cm³/mol. The highest BCUT2D eigenvalue weighted by Gasteiger charge is 2.07. The molecule has 0 aliphatic rings. The quantitative estimate of drug-likeness (QED) is 0.369. The van der Waals surface area contributed by atoms with Gasteiger partial charge in [-0.1, -0.05) is 22.8 Å². The zero-order valence-corrected chi connectivity index (χ0v) is 13.0. The summed E-state index contributed by atoms with van der Waals surface area (Å²) >= 11 is 9.14. The van der Waals surface area contributed by atoms with Crippen LogP contribution in [0.5, 0.6) is 5.75 Å². The lowest BCUT2D eigenvalue weighted by molar-refractivity contribution is 0.306. The summed E-state index contributed by atoms with van der Waals surface area (Å²) in [5.74, 6) is 0.119. The number of nitrogens with two attached hydrogens (primary N) is 1. The second kappa shape index (κ2) is 6.78. The van der Waals surface area contributed by atoms with Crippen LogP contribution < -0.4 is 10.5 Å². The fourth-order valence-electron chi connectivity index (χ4n) is 1.64. The van der Waals surface area contributed by atoms with E-state index in [0.29, 0.717) is 20.8 Å². The highest BCUT2D eigenvalue weighted by Crippen LogP contribution is 2.24. The maximum absolute atomic E-state index is 13.1. The Morgan fingerprint density at radius 2 is 2.10 bits per heavy atom. The minimum atomic E-state index is -0.329. The van der Waals surface area contributed by atoms with Crippen LogP contribution in [0.2, 0.25) is 5.02 Å². The summed E-state index contributed by atoms with van der Waals surface area (Å²) in [4.78, 5) is 0. The van der Waals surface area contributed by atoms with Crippen molar-refractivity contribution in [2.45, 2.75) is 6.61 Å². The number of ether oxygens (including phenoxy) is 1. The first-order chi connectivity index (χ1) is 10.0. The number of benzene rings is 2. The van der Waals surface area contributed by atoms with Crippen molar-refractivity contribution in [1.29, 1.82) is 0 Å². The third-order valence-corrected chi connectivity index (χ3v) is 3.63. The van der Waals surface area contributed by atoms with E-state index in [-0.39, 0.29) is 18.3 Å². The molecule has 0 atom stereocenters. The van der Waals surface area contributed by atoms with Gasteiger partial charge in [0, 0.05) is 5.56 Å². The number of oxime groups is 1. The van der Waals surface area contributed by atoms with Gasteiger partial charge in [0.05, 0.1) is 9.50 Å². The van der Waals surface area contributed by atoms with Crippen LogP contribution in [-0.4, -0.2) is 11.0 Å². The van der Waals surface area contributed by atoms with Crippen LogP contribution in [0.4, 0.5) is 4.39 Å². The molecule has 0 spiro atoms. The van der Waals surface area contributed by atoms with Crippen molar-refractivity contribution in [1.82, 2.24) is 0 Å². The predicted octanol–water partition coefficient (Wildman–Crippen LogP) is 3.92. The van der Waals surface area contributed by atoms with E-state index in [9.17, 15) is 4.39 Å². The Balaban J connectivity index is 2.10. The Morgan fingerprint density at radius 3 is 2.71 bits per heavy atom. The Kier molecular flexibility index (Phi) is 5.03. The minimum absolute atomic E-state index is 0.0750. The molecule has 2 aromatic rings. The van der Waals surface area contributed by atoms with Gasteiger partial charge in [0.1, 0.15) is 18.2 Å². The lowest BCUT2D eigenvalue weighted by atomic mass is 10.2. The molecule has 0 aromatic heterocycles. The summed E-state index contributed by atoms with van der Waals surface area (Å²) in [5.41, 5.74) is 6.69.